The van der Waals surface area contributed by atoms with Crippen LogP contribution in [-0.4, -0.2) is 37.7 Å². The molecule has 0 rings (SSSR count). The lowest BCUT2D eigenvalue weighted by atomic mass is 10.2. The van der Waals surface area contributed by atoms with Crippen LogP contribution in [0.2, 0.25) is 0 Å². The number of hydrogen-bond donors (Lipinski definition) is 0. The van der Waals surface area contributed by atoms with E-state index in [9.17, 15) is 9.59 Å². The van der Waals surface area contributed by atoms with E-state index in [1.807, 2.05) is 0 Å². The van der Waals surface area contributed by atoms with E-state index >= 15 is 0 Å². The van der Waals surface area contributed by atoms with Gasteiger partial charge in [-0.3, -0.25) is 14.4 Å². The Morgan fingerprint density at radius 1 is 1.33 bits per heavy atom. The Morgan fingerprint density at radius 2 is 1.93 bits per heavy atom. The second-order valence-electron chi connectivity index (χ2n) is 3.50. The topological polar surface area (TPSA) is 55.8 Å². The van der Waals surface area contributed by atoms with Gasteiger partial charge in [-0.2, -0.15) is 0 Å². The molecule has 0 aliphatic heterocycles. The summed E-state index contributed by atoms with van der Waals surface area (Å²) in [4.78, 5) is 27.2. The maximum absolute atomic E-state index is 11.3. The van der Waals surface area contributed by atoms with Crippen molar-refractivity contribution in [3.05, 3.63) is 0 Å². The molecule has 0 N–H and O–H groups in total. The van der Waals surface area contributed by atoms with E-state index in [0.717, 1.165) is 0 Å². The number of amides is 1. The summed E-state index contributed by atoms with van der Waals surface area (Å²) in [5.41, 5.74) is 0. The highest BCUT2D eigenvalue weighted by Gasteiger charge is 2.13. The SMILES string of the molecule is COC(=O)CCCON(C)C(=O)C(C)C. The second kappa shape index (κ2) is 7.23. The predicted octanol–water partition coefficient (Wildman–Crippen LogP) is 0.986. The number of rotatable bonds is 6. The van der Waals surface area contributed by atoms with Crippen molar-refractivity contribution < 1.29 is 19.2 Å². The minimum absolute atomic E-state index is 0.0759. The summed E-state index contributed by atoms with van der Waals surface area (Å²) in [6.45, 7) is 3.94. The molecule has 0 aliphatic carbocycles. The molecule has 0 aromatic carbocycles. The molecule has 0 saturated heterocycles. The maximum Gasteiger partial charge on any atom is 0.305 e. The predicted molar refractivity (Wildman–Crippen MR) is 54.8 cm³/mol. The van der Waals surface area contributed by atoms with Gasteiger partial charge < -0.3 is 4.74 Å². The molecule has 0 heterocycles. The van der Waals surface area contributed by atoms with Crippen molar-refractivity contribution in [3.8, 4) is 0 Å². The first kappa shape index (κ1) is 13.9. The largest absolute Gasteiger partial charge is 0.469 e. The molecule has 15 heavy (non-hydrogen) atoms. The van der Waals surface area contributed by atoms with Gasteiger partial charge in [-0.1, -0.05) is 13.8 Å². The average Bonchev–Trinajstić information content (AvgIpc) is 2.22. The highest BCUT2D eigenvalue weighted by atomic mass is 16.7. The molecular weight excluding hydrogens is 198 g/mol. The summed E-state index contributed by atoms with van der Waals surface area (Å²) >= 11 is 0. The van der Waals surface area contributed by atoms with Crippen molar-refractivity contribution in [1.82, 2.24) is 5.06 Å². The average molecular weight is 217 g/mol. The second-order valence-corrected chi connectivity index (χ2v) is 3.50. The van der Waals surface area contributed by atoms with Gasteiger partial charge in [0.25, 0.3) is 0 Å². The molecule has 0 bridgehead atoms. The van der Waals surface area contributed by atoms with Crippen LogP contribution in [0.25, 0.3) is 0 Å². The Hall–Kier alpha value is -1.10. The fraction of sp³-hybridized carbons (Fsp3) is 0.800. The van der Waals surface area contributed by atoms with Gasteiger partial charge in [0.05, 0.1) is 13.7 Å². The summed E-state index contributed by atoms with van der Waals surface area (Å²) < 4.78 is 4.47. The van der Waals surface area contributed by atoms with Crippen LogP contribution < -0.4 is 0 Å². The van der Waals surface area contributed by atoms with Gasteiger partial charge in [0, 0.05) is 19.4 Å². The van der Waals surface area contributed by atoms with Crippen LogP contribution in [-0.2, 0) is 19.2 Å². The normalized spacial score (nSPS) is 10.2. The summed E-state index contributed by atoms with van der Waals surface area (Å²) in [6, 6.07) is 0. The molecule has 5 heteroatoms. The van der Waals surface area contributed by atoms with Crippen molar-refractivity contribution in [2.24, 2.45) is 5.92 Å². The molecule has 1 amide bonds. The van der Waals surface area contributed by atoms with Crippen LogP contribution in [0.4, 0.5) is 0 Å². The van der Waals surface area contributed by atoms with Gasteiger partial charge in [-0.05, 0) is 6.42 Å². The van der Waals surface area contributed by atoms with Crippen LogP contribution in [0.1, 0.15) is 26.7 Å². The first-order chi connectivity index (χ1) is 6.99. The minimum Gasteiger partial charge on any atom is -0.469 e. The standard InChI is InChI=1S/C10H19NO4/c1-8(2)10(13)11(3)15-7-5-6-9(12)14-4/h8H,5-7H2,1-4H3. The van der Waals surface area contributed by atoms with Gasteiger partial charge in [-0.25, -0.2) is 5.06 Å². The molecule has 0 aromatic rings. The molecule has 0 aromatic heterocycles. The Labute approximate surface area is 90.3 Å². The number of ether oxygens (including phenoxy) is 1. The van der Waals surface area contributed by atoms with Crippen LogP contribution in [0, 0.1) is 5.92 Å². The number of nitrogens with zero attached hydrogens (tertiary/aromatic N) is 1. The first-order valence-corrected chi connectivity index (χ1v) is 4.96. The van der Waals surface area contributed by atoms with Gasteiger partial charge >= 0.3 is 5.97 Å². The van der Waals surface area contributed by atoms with Gasteiger partial charge in [0.2, 0.25) is 5.91 Å². The number of hydrogen-bond acceptors (Lipinski definition) is 4. The number of hydroxylamine groups is 2. The fourth-order valence-corrected chi connectivity index (χ4v) is 0.947. The first-order valence-electron chi connectivity index (χ1n) is 4.96. The van der Waals surface area contributed by atoms with E-state index in [2.05, 4.69) is 4.74 Å². The zero-order chi connectivity index (χ0) is 11.8. The van der Waals surface area contributed by atoms with Gasteiger partial charge in [-0.15, -0.1) is 0 Å². The van der Waals surface area contributed by atoms with Gasteiger partial charge in [0.1, 0.15) is 0 Å². The monoisotopic (exact) mass is 217 g/mol. The Kier molecular flexibility index (Phi) is 6.70. The number of carbonyl (C=O) groups excluding carboxylic acids is 2. The lowest BCUT2D eigenvalue weighted by Gasteiger charge is -2.18. The van der Waals surface area contributed by atoms with Crippen molar-refractivity contribution in [1.29, 1.82) is 0 Å². The van der Waals surface area contributed by atoms with E-state index in [-0.39, 0.29) is 17.8 Å². The quantitative estimate of drug-likeness (QED) is 0.378. The van der Waals surface area contributed by atoms with E-state index in [1.165, 1.54) is 12.2 Å². The highest BCUT2D eigenvalue weighted by molar-refractivity contribution is 5.76. The fourth-order valence-electron chi connectivity index (χ4n) is 0.947. The van der Waals surface area contributed by atoms with Crippen LogP contribution in [0.5, 0.6) is 0 Å². The molecule has 0 radical (unpaired) electrons. The molecule has 0 atom stereocenters. The molecule has 88 valence electrons. The third-order valence-corrected chi connectivity index (χ3v) is 1.84. The summed E-state index contributed by atoms with van der Waals surface area (Å²) in [6.07, 6.45) is 0.850. The number of methoxy groups -OCH3 is 1. The Morgan fingerprint density at radius 3 is 2.40 bits per heavy atom. The lowest BCUT2D eigenvalue weighted by Crippen LogP contribution is -2.31. The third-order valence-electron chi connectivity index (χ3n) is 1.84. The Bertz CT molecular complexity index is 215. The number of esters is 1. The zero-order valence-corrected chi connectivity index (χ0v) is 9.78. The van der Waals surface area contributed by atoms with E-state index in [4.69, 9.17) is 4.84 Å². The van der Waals surface area contributed by atoms with E-state index in [0.29, 0.717) is 19.4 Å². The minimum atomic E-state index is -0.267. The van der Waals surface area contributed by atoms with E-state index < -0.39 is 0 Å². The Balaban J connectivity index is 3.59. The summed E-state index contributed by atoms with van der Waals surface area (Å²) in [5.74, 6) is -0.430. The molecule has 0 saturated carbocycles. The smallest absolute Gasteiger partial charge is 0.305 e. The molecule has 0 unspecified atom stereocenters. The van der Waals surface area contributed by atoms with Crippen molar-refractivity contribution in [2.45, 2.75) is 26.7 Å². The third kappa shape index (κ3) is 6.06. The lowest BCUT2D eigenvalue weighted by molar-refractivity contribution is -0.182. The van der Waals surface area contributed by atoms with Crippen LogP contribution >= 0.6 is 0 Å². The molecule has 0 spiro atoms. The van der Waals surface area contributed by atoms with Crippen LogP contribution in [0.3, 0.4) is 0 Å². The molecule has 5 nitrogen and oxygen atoms in total. The molecular formula is C10H19NO4. The zero-order valence-electron chi connectivity index (χ0n) is 9.78. The van der Waals surface area contributed by atoms with E-state index in [1.54, 1.807) is 20.9 Å². The molecule has 0 aliphatic rings. The van der Waals surface area contributed by atoms with Crippen LogP contribution in [0.15, 0.2) is 0 Å². The van der Waals surface area contributed by atoms with Crippen molar-refractivity contribution in [2.75, 3.05) is 20.8 Å². The summed E-state index contributed by atoms with van der Waals surface area (Å²) in [5, 5.41) is 1.21. The van der Waals surface area contributed by atoms with Crippen molar-refractivity contribution >= 4 is 11.9 Å². The molecule has 0 fully saturated rings. The summed E-state index contributed by atoms with van der Waals surface area (Å²) in [7, 11) is 2.91. The highest BCUT2D eigenvalue weighted by Crippen LogP contribution is 2.01. The van der Waals surface area contributed by atoms with Gasteiger partial charge in [0.15, 0.2) is 0 Å². The van der Waals surface area contributed by atoms with Crippen molar-refractivity contribution in [3.63, 3.8) is 0 Å². The maximum atomic E-state index is 11.3. The number of carbonyl (C=O) groups is 2.